The molecule has 0 spiro atoms. The van der Waals surface area contributed by atoms with Crippen molar-refractivity contribution in [2.24, 2.45) is 5.92 Å². The molecule has 1 heterocycles. The molecule has 2 aromatic carbocycles. The van der Waals surface area contributed by atoms with E-state index < -0.39 is 6.04 Å². The number of rotatable bonds is 4. The number of anilines is 1. The van der Waals surface area contributed by atoms with Gasteiger partial charge in [0.1, 0.15) is 11.6 Å². The normalized spacial score (nSPS) is 12.3. The lowest BCUT2D eigenvalue weighted by molar-refractivity contribution is -0.120. The average molecular weight is 357 g/mol. The second-order valence-corrected chi connectivity index (χ2v) is 6.48. The van der Waals surface area contributed by atoms with Crippen LogP contribution in [0.1, 0.15) is 19.9 Å². The monoisotopic (exact) mass is 356 g/mol. The summed E-state index contributed by atoms with van der Waals surface area (Å²) in [6.45, 7) is 3.71. The van der Waals surface area contributed by atoms with Gasteiger partial charge in [-0.25, -0.2) is 0 Å². The molecular weight excluding hydrogens is 340 g/mol. The molecule has 0 saturated heterocycles. The molecule has 25 heavy (non-hydrogen) atoms. The van der Waals surface area contributed by atoms with Crippen molar-refractivity contribution in [3.8, 4) is 0 Å². The van der Waals surface area contributed by atoms with E-state index in [2.05, 4.69) is 15.6 Å². The summed E-state index contributed by atoms with van der Waals surface area (Å²) >= 11 is 5.95. The first-order valence-electron chi connectivity index (χ1n) is 7.88. The Labute approximate surface area is 149 Å². The second-order valence-electron chi connectivity index (χ2n) is 6.04. The van der Waals surface area contributed by atoms with E-state index in [0.29, 0.717) is 21.6 Å². The quantitative estimate of drug-likeness (QED) is 0.778. The van der Waals surface area contributed by atoms with Crippen LogP contribution in [0.15, 0.2) is 53.3 Å². The Morgan fingerprint density at radius 3 is 2.64 bits per heavy atom. The molecule has 6 nitrogen and oxygen atoms in total. The number of aromatic nitrogens is 3. The molecule has 7 heteroatoms. The van der Waals surface area contributed by atoms with Crippen LogP contribution >= 0.6 is 11.6 Å². The molecule has 0 fully saturated rings. The van der Waals surface area contributed by atoms with Gasteiger partial charge in [0.2, 0.25) is 5.91 Å². The van der Waals surface area contributed by atoms with Gasteiger partial charge in [-0.2, -0.15) is 4.68 Å². The van der Waals surface area contributed by atoms with E-state index in [1.807, 2.05) is 13.8 Å². The van der Waals surface area contributed by atoms with E-state index in [4.69, 9.17) is 11.6 Å². The van der Waals surface area contributed by atoms with Crippen LogP contribution in [0.5, 0.6) is 0 Å². The van der Waals surface area contributed by atoms with Gasteiger partial charge in [-0.15, -0.1) is 5.10 Å². The summed E-state index contributed by atoms with van der Waals surface area (Å²) in [6, 6.07) is 13.0. The highest BCUT2D eigenvalue weighted by Gasteiger charge is 2.27. The number of halogens is 1. The van der Waals surface area contributed by atoms with Crippen molar-refractivity contribution in [3.05, 3.63) is 63.9 Å². The van der Waals surface area contributed by atoms with Gasteiger partial charge >= 0.3 is 0 Å². The van der Waals surface area contributed by atoms with Gasteiger partial charge in [-0.05, 0) is 36.2 Å². The molecule has 0 aliphatic rings. The first kappa shape index (κ1) is 17.1. The molecule has 0 saturated carbocycles. The maximum Gasteiger partial charge on any atom is 0.278 e. The van der Waals surface area contributed by atoms with Crippen molar-refractivity contribution < 1.29 is 4.79 Å². The molecule has 1 amide bonds. The summed E-state index contributed by atoms with van der Waals surface area (Å²) < 4.78 is 1.15. The van der Waals surface area contributed by atoms with Crippen LogP contribution in [-0.2, 0) is 4.79 Å². The first-order valence-corrected chi connectivity index (χ1v) is 8.26. The molecule has 3 rings (SSSR count). The first-order chi connectivity index (χ1) is 12.0. The minimum atomic E-state index is -0.788. The highest BCUT2D eigenvalue weighted by atomic mass is 35.5. The zero-order valence-corrected chi connectivity index (χ0v) is 14.6. The Kier molecular flexibility index (Phi) is 4.81. The highest BCUT2D eigenvalue weighted by Crippen LogP contribution is 2.20. The molecule has 1 N–H and O–H groups in total. The maximum atomic E-state index is 12.8. The third kappa shape index (κ3) is 3.53. The van der Waals surface area contributed by atoms with Crippen LogP contribution < -0.4 is 10.9 Å². The number of fused-ring (bicyclic) bond motifs is 1. The van der Waals surface area contributed by atoms with Gasteiger partial charge < -0.3 is 5.32 Å². The SMILES string of the molecule is CC(C)C(C(=O)Nc1cccc(Cl)c1)n1nnc2ccccc2c1=O. The fourth-order valence-electron chi connectivity index (χ4n) is 2.66. The van der Waals surface area contributed by atoms with Gasteiger partial charge in [0.05, 0.1) is 5.39 Å². The number of carbonyl (C=O) groups is 1. The van der Waals surface area contributed by atoms with Gasteiger partial charge in [0.25, 0.3) is 5.56 Å². The molecule has 1 aromatic heterocycles. The van der Waals surface area contributed by atoms with Crippen LogP contribution in [0.25, 0.3) is 10.9 Å². The Balaban J connectivity index is 2.00. The van der Waals surface area contributed by atoms with Gasteiger partial charge in [0, 0.05) is 10.7 Å². The van der Waals surface area contributed by atoms with E-state index >= 15 is 0 Å². The number of carbonyl (C=O) groups excluding carboxylic acids is 1. The van der Waals surface area contributed by atoms with E-state index in [1.54, 1.807) is 48.5 Å². The number of nitrogens with one attached hydrogen (secondary N) is 1. The zero-order valence-electron chi connectivity index (χ0n) is 13.8. The largest absolute Gasteiger partial charge is 0.324 e. The smallest absolute Gasteiger partial charge is 0.278 e. The van der Waals surface area contributed by atoms with E-state index in [-0.39, 0.29) is 17.4 Å². The molecule has 1 atom stereocenters. The lowest BCUT2D eigenvalue weighted by Crippen LogP contribution is -2.38. The number of nitrogens with zero attached hydrogens (tertiary/aromatic N) is 3. The summed E-state index contributed by atoms with van der Waals surface area (Å²) in [4.78, 5) is 25.5. The predicted octanol–water partition coefficient (Wildman–Crippen LogP) is 3.28. The lowest BCUT2D eigenvalue weighted by atomic mass is 10.0. The summed E-state index contributed by atoms with van der Waals surface area (Å²) in [5.74, 6) is -0.503. The van der Waals surface area contributed by atoms with Crippen LogP contribution in [0.3, 0.4) is 0 Å². The average Bonchev–Trinajstić information content (AvgIpc) is 2.57. The summed E-state index contributed by atoms with van der Waals surface area (Å²) in [5.41, 5.74) is 0.719. The van der Waals surface area contributed by atoms with Crippen molar-refractivity contribution in [3.63, 3.8) is 0 Å². The van der Waals surface area contributed by atoms with E-state index in [0.717, 1.165) is 4.68 Å². The summed E-state index contributed by atoms with van der Waals surface area (Å²) in [5, 5.41) is 11.8. The number of amides is 1. The minimum absolute atomic E-state index is 0.160. The van der Waals surface area contributed by atoms with Crippen molar-refractivity contribution in [2.45, 2.75) is 19.9 Å². The Morgan fingerprint density at radius 1 is 1.16 bits per heavy atom. The molecule has 0 aliphatic heterocycles. The maximum absolute atomic E-state index is 12.8. The fourth-order valence-corrected chi connectivity index (χ4v) is 2.85. The highest BCUT2D eigenvalue weighted by molar-refractivity contribution is 6.30. The Bertz CT molecular complexity index is 984. The molecule has 0 aliphatic carbocycles. The van der Waals surface area contributed by atoms with Crippen LogP contribution in [0, 0.1) is 5.92 Å². The predicted molar refractivity (Wildman–Crippen MR) is 97.8 cm³/mol. The topological polar surface area (TPSA) is 76.9 Å². The fraction of sp³-hybridized carbons (Fsp3) is 0.222. The van der Waals surface area contributed by atoms with Crippen molar-refractivity contribution >= 4 is 34.1 Å². The number of hydrogen-bond donors (Lipinski definition) is 1. The molecule has 3 aromatic rings. The van der Waals surface area contributed by atoms with Crippen LogP contribution in [-0.4, -0.2) is 20.9 Å². The summed E-state index contributed by atoms with van der Waals surface area (Å²) in [6.07, 6.45) is 0. The van der Waals surface area contributed by atoms with Crippen molar-refractivity contribution in [2.75, 3.05) is 5.32 Å². The van der Waals surface area contributed by atoms with Gasteiger partial charge in [-0.3, -0.25) is 9.59 Å². The van der Waals surface area contributed by atoms with Gasteiger partial charge in [-0.1, -0.05) is 48.9 Å². The molecule has 0 bridgehead atoms. The van der Waals surface area contributed by atoms with Crippen LogP contribution in [0.4, 0.5) is 5.69 Å². The lowest BCUT2D eigenvalue weighted by Gasteiger charge is -2.21. The van der Waals surface area contributed by atoms with E-state index in [9.17, 15) is 9.59 Å². The Morgan fingerprint density at radius 2 is 1.92 bits per heavy atom. The Hall–Kier alpha value is -2.73. The van der Waals surface area contributed by atoms with Crippen molar-refractivity contribution in [1.82, 2.24) is 15.0 Å². The zero-order chi connectivity index (χ0) is 18.0. The molecule has 1 unspecified atom stereocenters. The second kappa shape index (κ2) is 7.03. The summed E-state index contributed by atoms with van der Waals surface area (Å²) in [7, 11) is 0. The standard InChI is InChI=1S/C18H17ClN4O2/c1-11(2)16(17(24)20-13-7-5-6-12(19)10-13)23-18(25)14-8-3-4-9-15(14)21-22-23/h3-11,16H,1-2H3,(H,20,24). The van der Waals surface area contributed by atoms with Crippen molar-refractivity contribution in [1.29, 1.82) is 0 Å². The molecule has 128 valence electrons. The van der Waals surface area contributed by atoms with E-state index in [1.165, 1.54) is 0 Å². The number of hydrogen-bond acceptors (Lipinski definition) is 4. The van der Waals surface area contributed by atoms with Crippen LogP contribution in [0.2, 0.25) is 5.02 Å². The number of benzene rings is 2. The minimum Gasteiger partial charge on any atom is -0.324 e. The molecule has 0 radical (unpaired) electrons. The van der Waals surface area contributed by atoms with Gasteiger partial charge in [0.15, 0.2) is 0 Å². The third-order valence-corrected chi connectivity index (χ3v) is 4.08. The third-order valence-electron chi connectivity index (χ3n) is 3.85. The molecular formula is C18H17ClN4O2.